The van der Waals surface area contributed by atoms with Crippen LogP contribution in [0.15, 0.2) is 0 Å². The molecule has 206 valence electrons. The van der Waals surface area contributed by atoms with E-state index in [0.29, 0.717) is 45.6 Å². The Balaban J connectivity index is 3.17. The lowest BCUT2D eigenvalue weighted by molar-refractivity contribution is -0.137. The minimum atomic E-state index is -0.675. The fraction of sp³-hybridized carbons (Fsp3) is 0.893. The minimum Gasteiger partial charge on any atom is -0.481 e. The molecule has 0 aliphatic heterocycles. The number of hydrogen-bond acceptors (Lipinski definition) is 5. The van der Waals surface area contributed by atoms with Crippen molar-refractivity contribution in [3.8, 4) is 0 Å². The first kappa shape index (κ1) is 33.5. The van der Waals surface area contributed by atoms with Gasteiger partial charge in [-0.3, -0.25) is 14.4 Å². The van der Waals surface area contributed by atoms with Gasteiger partial charge in [0, 0.05) is 25.8 Å². The molecule has 0 aromatic heterocycles. The fourth-order valence-corrected chi connectivity index (χ4v) is 3.90. The zero-order valence-corrected chi connectivity index (χ0v) is 22.5. The maximum absolute atomic E-state index is 11.8. The Morgan fingerprint density at radius 3 is 1.49 bits per heavy atom. The molecule has 7 nitrogen and oxygen atoms in total. The Morgan fingerprint density at radius 1 is 0.600 bits per heavy atom. The standard InChI is InChI=1S/C28H53NO6/c1-2-26(30)25-35-24-23-34-22-21-29-27(31)19-17-15-13-11-9-7-5-3-4-6-8-10-12-14-16-18-20-28(32)33/h2-25H2,1H3,(H,29,31)(H,32,33). The summed E-state index contributed by atoms with van der Waals surface area (Å²) in [5.74, 6) is -0.488. The normalized spacial score (nSPS) is 11.0. The van der Waals surface area contributed by atoms with Crippen molar-refractivity contribution in [1.82, 2.24) is 5.32 Å². The maximum atomic E-state index is 11.8. The molecule has 0 aliphatic carbocycles. The van der Waals surface area contributed by atoms with E-state index < -0.39 is 5.97 Å². The largest absolute Gasteiger partial charge is 0.481 e. The summed E-state index contributed by atoms with van der Waals surface area (Å²) in [6.07, 6.45) is 20.8. The molecule has 0 aromatic rings. The second-order valence-corrected chi connectivity index (χ2v) is 9.46. The van der Waals surface area contributed by atoms with Gasteiger partial charge in [-0.1, -0.05) is 96.8 Å². The van der Waals surface area contributed by atoms with Crippen molar-refractivity contribution < 1.29 is 29.0 Å². The summed E-state index contributed by atoms with van der Waals surface area (Å²) in [6, 6.07) is 0. The Morgan fingerprint density at radius 2 is 1.03 bits per heavy atom. The lowest BCUT2D eigenvalue weighted by atomic mass is 10.0. The number of carbonyl (C=O) groups excluding carboxylic acids is 2. The maximum Gasteiger partial charge on any atom is 0.303 e. The smallest absolute Gasteiger partial charge is 0.303 e. The number of rotatable bonds is 28. The number of aliphatic carboxylic acids is 1. The van der Waals surface area contributed by atoms with Crippen LogP contribution in [0, 0.1) is 0 Å². The molecule has 0 aliphatic rings. The molecular weight excluding hydrogens is 446 g/mol. The van der Waals surface area contributed by atoms with Crippen LogP contribution < -0.4 is 5.32 Å². The molecule has 0 fully saturated rings. The summed E-state index contributed by atoms with van der Waals surface area (Å²) in [5.41, 5.74) is 0. The van der Waals surface area contributed by atoms with Gasteiger partial charge in [0.05, 0.1) is 19.8 Å². The molecule has 0 atom stereocenters. The lowest BCUT2D eigenvalue weighted by Crippen LogP contribution is -2.27. The minimum absolute atomic E-state index is 0.0930. The van der Waals surface area contributed by atoms with Crippen LogP contribution in [-0.2, 0) is 23.9 Å². The summed E-state index contributed by atoms with van der Waals surface area (Å²) in [6.45, 7) is 3.79. The molecule has 0 rings (SSSR count). The van der Waals surface area contributed by atoms with E-state index in [1.807, 2.05) is 6.92 Å². The SMILES string of the molecule is CCC(=O)COCCOCCNC(=O)CCCCCCCCCCCCCCCCCCC(=O)O. The number of carboxylic acid groups (broad SMARTS) is 1. The number of ketones is 1. The third kappa shape index (κ3) is 28.7. The predicted molar refractivity (Wildman–Crippen MR) is 141 cm³/mol. The Kier molecular flexibility index (Phi) is 26.0. The average Bonchev–Trinajstić information content (AvgIpc) is 2.84. The first-order chi connectivity index (χ1) is 17.1. The highest BCUT2D eigenvalue weighted by atomic mass is 16.5. The third-order valence-corrected chi connectivity index (χ3v) is 6.14. The quantitative estimate of drug-likeness (QED) is 0.124. The van der Waals surface area contributed by atoms with E-state index in [9.17, 15) is 14.4 Å². The van der Waals surface area contributed by atoms with Gasteiger partial charge in [0.1, 0.15) is 6.61 Å². The molecule has 0 bridgehead atoms. The number of Topliss-reactive ketones (excluding diaryl/α,β-unsaturated/α-hetero) is 1. The van der Waals surface area contributed by atoms with Crippen molar-refractivity contribution in [3.63, 3.8) is 0 Å². The van der Waals surface area contributed by atoms with Gasteiger partial charge in [-0.15, -0.1) is 0 Å². The van der Waals surface area contributed by atoms with E-state index in [-0.39, 0.29) is 18.3 Å². The molecule has 35 heavy (non-hydrogen) atoms. The number of hydrogen-bond donors (Lipinski definition) is 2. The van der Waals surface area contributed by atoms with Crippen molar-refractivity contribution in [3.05, 3.63) is 0 Å². The van der Waals surface area contributed by atoms with E-state index in [1.54, 1.807) is 0 Å². The van der Waals surface area contributed by atoms with Crippen LogP contribution in [0.2, 0.25) is 0 Å². The summed E-state index contributed by atoms with van der Waals surface area (Å²) < 4.78 is 10.6. The highest BCUT2D eigenvalue weighted by molar-refractivity contribution is 5.79. The van der Waals surface area contributed by atoms with Crippen LogP contribution >= 0.6 is 0 Å². The summed E-state index contributed by atoms with van der Waals surface area (Å²) >= 11 is 0. The second-order valence-electron chi connectivity index (χ2n) is 9.46. The molecule has 0 saturated carbocycles. The molecule has 2 N–H and O–H groups in total. The number of carbonyl (C=O) groups is 3. The van der Waals surface area contributed by atoms with Gasteiger partial charge in [-0.05, 0) is 12.8 Å². The predicted octanol–water partition coefficient (Wildman–Crippen LogP) is 6.22. The molecule has 0 aromatic carbocycles. The lowest BCUT2D eigenvalue weighted by Gasteiger charge is -2.07. The average molecular weight is 500 g/mol. The fourth-order valence-electron chi connectivity index (χ4n) is 3.90. The summed E-state index contributed by atoms with van der Waals surface area (Å²) in [7, 11) is 0. The van der Waals surface area contributed by atoms with Crippen LogP contribution in [0.25, 0.3) is 0 Å². The van der Waals surface area contributed by atoms with Crippen molar-refractivity contribution in [2.75, 3.05) is 33.0 Å². The van der Waals surface area contributed by atoms with E-state index in [0.717, 1.165) is 25.7 Å². The van der Waals surface area contributed by atoms with Crippen molar-refractivity contribution in [1.29, 1.82) is 0 Å². The van der Waals surface area contributed by atoms with E-state index in [1.165, 1.54) is 77.0 Å². The number of ether oxygens (including phenoxy) is 2. The van der Waals surface area contributed by atoms with Gasteiger partial charge in [-0.2, -0.15) is 0 Å². The van der Waals surface area contributed by atoms with E-state index in [4.69, 9.17) is 14.6 Å². The first-order valence-electron chi connectivity index (χ1n) is 14.2. The van der Waals surface area contributed by atoms with Crippen LogP contribution in [0.4, 0.5) is 0 Å². The van der Waals surface area contributed by atoms with Gasteiger partial charge >= 0.3 is 5.97 Å². The van der Waals surface area contributed by atoms with Crippen LogP contribution in [0.1, 0.15) is 129 Å². The van der Waals surface area contributed by atoms with Crippen molar-refractivity contribution >= 4 is 17.7 Å². The Labute approximate surface area is 214 Å². The number of amides is 1. The monoisotopic (exact) mass is 499 g/mol. The first-order valence-corrected chi connectivity index (χ1v) is 14.2. The van der Waals surface area contributed by atoms with Gasteiger partial charge in [0.25, 0.3) is 0 Å². The highest BCUT2D eigenvalue weighted by Crippen LogP contribution is 2.14. The van der Waals surface area contributed by atoms with Gasteiger partial charge in [0.15, 0.2) is 5.78 Å². The zero-order valence-electron chi connectivity index (χ0n) is 22.5. The third-order valence-electron chi connectivity index (χ3n) is 6.14. The number of nitrogens with one attached hydrogen (secondary N) is 1. The van der Waals surface area contributed by atoms with Gasteiger partial charge in [0.2, 0.25) is 5.91 Å². The molecule has 7 heteroatoms. The number of unbranched alkanes of at least 4 members (excludes halogenated alkanes) is 15. The van der Waals surface area contributed by atoms with Gasteiger partial charge in [-0.25, -0.2) is 0 Å². The Bertz CT molecular complexity index is 512. The summed E-state index contributed by atoms with van der Waals surface area (Å²) in [4.78, 5) is 33.3. The molecule has 1 amide bonds. The number of carboxylic acids is 1. The zero-order chi connectivity index (χ0) is 25.8. The van der Waals surface area contributed by atoms with Gasteiger partial charge < -0.3 is 19.9 Å². The topological polar surface area (TPSA) is 102 Å². The molecule has 0 heterocycles. The van der Waals surface area contributed by atoms with Crippen LogP contribution in [0.3, 0.4) is 0 Å². The van der Waals surface area contributed by atoms with Crippen LogP contribution in [0.5, 0.6) is 0 Å². The molecule has 0 unspecified atom stereocenters. The molecular formula is C28H53NO6. The highest BCUT2D eigenvalue weighted by Gasteiger charge is 2.02. The van der Waals surface area contributed by atoms with E-state index in [2.05, 4.69) is 5.32 Å². The molecule has 0 saturated heterocycles. The van der Waals surface area contributed by atoms with Crippen molar-refractivity contribution in [2.45, 2.75) is 129 Å². The Hall–Kier alpha value is -1.47. The molecule has 0 spiro atoms. The van der Waals surface area contributed by atoms with Crippen molar-refractivity contribution in [2.24, 2.45) is 0 Å². The summed E-state index contributed by atoms with van der Waals surface area (Å²) in [5, 5.41) is 11.5. The molecule has 0 radical (unpaired) electrons. The second kappa shape index (κ2) is 27.1. The van der Waals surface area contributed by atoms with Crippen LogP contribution in [-0.4, -0.2) is 55.7 Å². The van der Waals surface area contributed by atoms with E-state index >= 15 is 0 Å².